The van der Waals surface area contributed by atoms with Gasteiger partial charge in [-0.3, -0.25) is 40.1 Å². The van der Waals surface area contributed by atoms with E-state index in [1.165, 1.54) is 4.90 Å². The van der Waals surface area contributed by atoms with Crippen LogP contribution in [0.2, 0.25) is 0 Å². The third-order valence-corrected chi connectivity index (χ3v) is 6.18. The van der Waals surface area contributed by atoms with Crippen LogP contribution in [0.1, 0.15) is 36.8 Å². The molecule has 10 heteroatoms. The SMILES string of the molecule is O=C(NNC(=S)N[C@H](Cc1ccncc1)CN1C(=O)c2ccccc2C1=O)c1nccc2c[c]ccc12. The van der Waals surface area contributed by atoms with Crippen molar-refractivity contribution in [3.05, 3.63) is 108 Å². The van der Waals surface area contributed by atoms with E-state index in [0.717, 1.165) is 10.9 Å². The molecule has 0 bridgehead atoms. The van der Waals surface area contributed by atoms with Gasteiger partial charge in [-0.1, -0.05) is 24.3 Å². The Morgan fingerprint density at radius 1 is 0.973 bits per heavy atom. The molecule has 0 unspecified atom stereocenters. The van der Waals surface area contributed by atoms with Gasteiger partial charge >= 0.3 is 0 Å². The summed E-state index contributed by atoms with van der Waals surface area (Å²) in [5, 5.41) is 4.76. The fraction of sp³-hybridized carbons (Fsp3) is 0.111. The molecule has 3 heterocycles. The smallest absolute Gasteiger partial charge is 0.288 e. The number of amides is 3. The monoisotopic (exact) mass is 509 g/mol. The molecule has 0 saturated carbocycles. The van der Waals surface area contributed by atoms with Gasteiger partial charge in [0.1, 0.15) is 5.69 Å². The summed E-state index contributed by atoms with van der Waals surface area (Å²) in [5.74, 6) is -1.17. The third kappa shape index (κ3) is 5.14. The summed E-state index contributed by atoms with van der Waals surface area (Å²) < 4.78 is 0. The third-order valence-electron chi connectivity index (χ3n) is 5.96. The minimum atomic E-state index is -0.466. The van der Waals surface area contributed by atoms with E-state index in [1.807, 2.05) is 12.1 Å². The molecule has 2 aromatic heterocycles. The number of hydrogen-bond acceptors (Lipinski definition) is 6. The molecule has 1 aliphatic heterocycles. The lowest BCUT2D eigenvalue weighted by atomic mass is 10.1. The first kappa shape index (κ1) is 24.0. The molecule has 0 aliphatic carbocycles. The Morgan fingerprint density at radius 3 is 2.43 bits per heavy atom. The number of hydrazine groups is 1. The number of benzene rings is 2. The molecule has 183 valence electrons. The number of rotatable bonds is 6. The molecule has 2 aromatic carbocycles. The van der Waals surface area contributed by atoms with Gasteiger partial charge in [0.2, 0.25) is 0 Å². The summed E-state index contributed by atoms with van der Waals surface area (Å²) >= 11 is 5.42. The number of thiocarbonyl (C=S) groups is 1. The standard InChI is InChI=1S/C27H21N6O3S/c34-24(23-20-6-2-1-5-18(20)11-14-29-23)31-32-27(37)30-19(15-17-9-12-28-13-10-17)16-33-25(35)21-7-3-4-8-22(21)26(33)36/h2-14,19H,15-16H2,(H,31,34)(H2,30,32,37)/t19-/m1/s1. The maximum atomic E-state index is 12.9. The van der Waals surface area contributed by atoms with E-state index in [1.54, 1.807) is 67.1 Å². The van der Waals surface area contributed by atoms with Crippen molar-refractivity contribution in [3.63, 3.8) is 0 Å². The normalized spacial score (nSPS) is 13.2. The molecular weight excluding hydrogens is 488 g/mol. The van der Waals surface area contributed by atoms with Crippen molar-refractivity contribution in [1.82, 2.24) is 31.0 Å². The number of nitrogens with one attached hydrogen (secondary N) is 3. The van der Waals surface area contributed by atoms with E-state index in [-0.39, 0.29) is 29.2 Å². The lowest BCUT2D eigenvalue weighted by Gasteiger charge is -2.25. The topological polar surface area (TPSA) is 116 Å². The molecule has 3 amide bonds. The van der Waals surface area contributed by atoms with E-state index in [0.29, 0.717) is 22.9 Å². The molecule has 37 heavy (non-hydrogen) atoms. The molecule has 3 N–H and O–H groups in total. The van der Waals surface area contributed by atoms with Crippen molar-refractivity contribution < 1.29 is 14.4 Å². The maximum absolute atomic E-state index is 12.9. The van der Waals surface area contributed by atoms with Crippen molar-refractivity contribution in [2.45, 2.75) is 12.5 Å². The zero-order chi connectivity index (χ0) is 25.8. The number of nitrogens with zero attached hydrogens (tertiary/aromatic N) is 3. The number of fused-ring (bicyclic) bond motifs is 2. The molecule has 1 atom stereocenters. The quantitative estimate of drug-likeness (QED) is 0.206. The first-order valence-corrected chi connectivity index (χ1v) is 11.9. The second-order valence-corrected chi connectivity index (χ2v) is 8.79. The fourth-order valence-electron chi connectivity index (χ4n) is 4.22. The largest absolute Gasteiger partial charge is 0.356 e. The van der Waals surface area contributed by atoms with E-state index in [4.69, 9.17) is 12.2 Å². The zero-order valence-corrected chi connectivity index (χ0v) is 20.3. The number of imide groups is 1. The van der Waals surface area contributed by atoms with Gasteiger partial charge in [0.05, 0.1) is 17.2 Å². The van der Waals surface area contributed by atoms with Gasteiger partial charge in [-0.05, 0) is 72.1 Å². The molecule has 0 saturated heterocycles. The van der Waals surface area contributed by atoms with Gasteiger partial charge in [-0.2, -0.15) is 0 Å². The predicted octanol–water partition coefficient (Wildman–Crippen LogP) is 2.45. The van der Waals surface area contributed by atoms with Gasteiger partial charge in [0.15, 0.2) is 5.11 Å². The Balaban J connectivity index is 1.28. The first-order chi connectivity index (χ1) is 18.0. The van der Waals surface area contributed by atoms with Crippen LogP contribution in [-0.2, 0) is 6.42 Å². The van der Waals surface area contributed by atoms with Crippen LogP contribution in [0.5, 0.6) is 0 Å². The molecule has 1 radical (unpaired) electrons. The van der Waals surface area contributed by atoms with Crippen LogP contribution < -0.4 is 16.2 Å². The van der Waals surface area contributed by atoms with Crippen LogP contribution in [0.3, 0.4) is 0 Å². The van der Waals surface area contributed by atoms with Crippen molar-refractivity contribution in [2.24, 2.45) is 0 Å². The highest BCUT2D eigenvalue weighted by atomic mass is 32.1. The van der Waals surface area contributed by atoms with E-state index < -0.39 is 11.9 Å². The summed E-state index contributed by atoms with van der Waals surface area (Å²) in [6, 6.07) is 20.0. The Bertz CT molecular complexity index is 1470. The average Bonchev–Trinajstić information content (AvgIpc) is 3.17. The highest BCUT2D eigenvalue weighted by Gasteiger charge is 2.36. The first-order valence-electron chi connectivity index (χ1n) is 11.5. The Kier molecular flexibility index (Phi) is 6.82. The van der Waals surface area contributed by atoms with E-state index in [2.05, 4.69) is 32.2 Å². The van der Waals surface area contributed by atoms with Crippen LogP contribution in [0.25, 0.3) is 10.8 Å². The molecule has 5 rings (SSSR count). The van der Waals surface area contributed by atoms with Crippen LogP contribution >= 0.6 is 12.2 Å². The van der Waals surface area contributed by atoms with Crippen LogP contribution in [0.15, 0.2) is 79.3 Å². The van der Waals surface area contributed by atoms with Crippen LogP contribution in [0, 0.1) is 6.07 Å². The molecule has 4 aromatic rings. The Morgan fingerprint density at radius 2 is 1.70 bits per heavy atom. The fourth-order valence-corrected chi connectivity index (χ4v) is 4.44. The number of aromatic nitrogens is 2. The van der Waals surface area contributed by atoms with Crippen molar-refractivity contribution in [3.8, 4) is 0 Å². The summed E-state index contributed by atoms with van der Waals surface area (Å²) in [6.45, 7) is 0.0752. The minimum absolute atomic E-state index is 0.0752. The lowest BCUT2D eigenvalue weighted by Crippen LogP contribution is -2.53. The maximum Gasteiger partial charge on any atom is 0.288 e. The molecule has 9 nitrogen and oxygen atoms in total. The molecular formula is C27H21N6O3S. The van der Waals surface area contributed by atoms with Crippen LogP contribution in [-0.4, -0.2) is 50.3 Å². The second-order valence-electron chi connectivity index (χ2n) is 8.38. The highest BCUT2D eigenvalue weighted by molar-refractivity contribution is 7.80. The zero-order valence-electron chi connectivity index (χ0n) is 19.5. The Labute approximate surface area is 217 Å². The van der Waals surface area contributed by atoms with Crippen molar-refractivity contribution >= 4 is 45.8 Å². The lowest BCUT2D eigenvalue weighted by molar-refractivity contribution is 0.0641. The summed E-state index contributed by atoms with van der Waals surface area (Å²) in [6.07, 6.45) is 5.34. The molecule has 0 fully saturated rings. The number of carbonyl (C=O) groups excluding carboxylic acids is 3. The summed E-state index contributed by atoms with van der Waals surface area (Å²) in [4.78, 5) is 48.1. The van der Waals surface area contributed by atoms with E-state index in [9.17, 15) is 14.4 Å². The molecule has 0 spiro atoms. The Hall–Kier alpha value is -4.70. The van der Waals surface area contributed by atoms with Gasteiger partial charge in [0.25, 0.3) is 17.7 Å². The van der Waals surface area contributed by atoms with Gasteiger partial charge in [-0.25, -0.2) is 0 Å². The van der Waals surface area contributed by atoms with Gasteiger partial charge in [0, 0.05) is 30.5 Å². The number of carbonyl (C=O) groups is 3. The highest BCUT2D eigenvalue weighted by Crippen LogP contribution is 2.23. The van der Waals surface area contributed by atoms with Crippen molar-refractivity contribution in [2.75, 3.05) is 6.54 Å². The van der Waals surface area contributed by atoms with Gasteiger partial charge < -0.3 is 5.32 Å². The second kappa shape index (κ2) is 10.5. The van der Waals surface area contributed by atoms with E-state index >= 15 is 0 Å². The van der Waals surface area contributed by atoms with Crippen LogP contribution in [0.4, 0.5) is 0 Å². The number of hydrogen-bond donors (Lipinski definition) is 3. The summed E-state index contributed by atoms with van der Waals surface area (Å²) in [5.41, 5.74) is 7.19. The molecule has 1 aliphatic rings. The van der Waals surface area contributed by atoms with Crippen molar-refractivity contribution in [1.29, 1.82) is 0 Å². The minimum Gasteiger partial charge on any atom is -0.356 e. The van der Waals surface area contributed by atoms with Gasteiger partial charge in [-0.15, -0.1) is 0 Å². The predicted molar refractivity (Wildman–Crippen MR) is 140 cm³/mol. The average molecular weight is 510 g/mol. The number of pyridine rings is 2. The summed E-state index contributed by atoms with van der Waals surface area (Å²) in [7, 11) is 0.